The van der Waals surface area contributed by atoms with Gasteiger partial charge in [-0.25, -0.2) is 0 Å². The lowest BCUT2D eigenvalue weighted by Crippen LogP contribution is -2.34. The summed E-state index contributed by atoms with van der Waals surface area (Å²) in [5.41, 5.74) is 1.36. The number of fused-ring (bicyclic) bond motifs is 1. The van der Waals surface area contributed by atoms with Crippen LogP contribution in [-0.2, 0) is 30.5 Å². The quantitative estimate of drug-likeness (QED) is 0.844. The zero-order valence-electron chi connectivity index (χ0n) is 14.2. The van der Waals surface area contributed by atoms with Crippen molar-refractivity contribution >= 4 is 0 Å². The minimum atomic E-state index is 0.436. The maximum absolute atomic E-state index is 5.79. The second kappa shape index (κ2) is 7.45. The van der Waals surface area contributed by atoms with Gasteiger partial charge in [0.15, 0.2) is 0 Å². The lowest BCUT2D eigenvalue weighted by atomic mass is 10.1. The van der Waals surface area contributed by atoms with Crippen LogP contribution >= 0.6 is 0 Å². The second-order valence-electron chi connectivity index (χ2n) is 6.86. The summed E-state index contributed by atoms with van der Waals surface area (Å²) < 4.78 is 8.14. The molecule has 2 aliphatic heterocycles. The number of aromatic nitrogens is 3. The number of aryl methyl sites for hydroxylation is 2. The fourth-order valence-electron chi connectivity index (χ4n) is 3.77. The van der Waals surface area contributed by atoms with E-state index in [-0.39, 0.29) is 0 Å². The van der Waals surface area contributed by atoms with E-state index in [4.69, 9.17) is 4.74 Å². The van der Waals surface area contributed by atoms with Crippen molar-refractivity contribution in [1.82, 2.24) is 19.7 Å². The fraction of sp³-hybridized carbons (Fsp3) is 0.579. The van der Waals surface area contributed by atoms with Crippen molar-refractivity contribution < 1.29 is 4.74 Å². The van der Waals surface area contributed by atoms with Gasteiger partial charge in [-0.05, 0) is 24.8 Å². The summed E-state index contributed by atoms with van der Waals surface area (Å²) in [6.07, 6.45) is 5.84. The number of hydrogen-bond acceptors (Lipinski definition) is 4. The number of hydrogen-bond donors (Lipinski definition) is 0. The van der Waals surface area contributed by atoms with Gasteiger partial charge in [-0.15, -0.1) is 10.2 Å². The van der Waals surface area contributed by atoms with E-state index in [9.17, 15) is 0 Å². The molecule has 2 aliphatic rings. The van der Waals surface area contributed by atoms with Crippen molar-refractivity contribution in [1.29, 1.82) is 0 Å². The van der Waals surface area contributed by atoms with Gasteiger partial charge in [-0.3, -0.25) is 4.90 Å². The zero-order valence-corrected chi connectivity index (χ0v) is 14.2. The molecule has 1 atom stereocenters. The van der Waals surface area contributed by atoms with Crippen molar-refractivity contribution in [2.24, 2.45) is 0 Å². The monoisotopic (exact) mass is 326 g/mol. The predicted octanol–water partition coefficient (Wildman–Crippen LogP) is 2.10. The first-order valence-electron chi connectivity index (χ1n) is 9.17. The van der Waals surface area contributed by atoms with Crippen molar-refractivity contribution in [3.63, 3.8) is 0 Å². The lowest BCUT2D eigenvalue weighted by Gasteiger charge is -2.22. The fourth-order valence-corrected chi connectivity index (χ4v) is 3.77. The van der Waals surface area contributed by atoms with Gasteiger partial charge in [0.05, 0.1) is 6.10 Å². The van der Waals surface area contributed by atoms with Gasteiger partial charge >= 0.3 is 0 Å². The number of benzene rings is 1. The van der Waals surface area contributed by atoms with E-state index in [0.717, 1.165) is 63.7 Å². The van der Waals surface area contributed by atoms with Crippen LogP contribution in [0.5, 0.6) is 0 Å². The van der Waals surface area contributed by atoms with E-state index in [1.54, 1.807) is 0 Å². The first kappa shape index (κ1) is 15.8. The SMILES string of the molecule is c1ccc(CCc2nnc3n2CCN(CC2CCCO2)CC3)cc1. The minimum Gasteiger partial charge on any atom is -0.377 e. The lowest BCUT2D eigenvalue weighted by molar-refractivity contribution is 0.0737. The van der Waals surface area contributed by atoms with Crippen molar-refractivity contribution in [2.45, 2.75) is 44.8 Å². The van der Waals surface area contributed by atoms with Crippen molar-refractivity contribution in [3.05, 3.63) is 47.5 Å². The van der Waals surface area contributed by atoms with Gasteiger partial charge in [0, 0.05) is 45.6 Å². The first-order chi connectivity index (χ1) is 11.9. The summed E-state index contributed by atoms with van der Waals surface area (Å²) in [4.78, 5) is 2.53. The zero-order chi connectivity index (χ0) is 16.2. The van der Waals surface area contributed by atoms with Gasteiger partial charge in [-0.1, -0.05) is 30.3 Å². The predicted molar refractivity (Wildman–Crippen MR) is 93.0 cm³/mol. The summed E-state index contributed by atoms with van der Waals surface area (Å²) in [6.45, 7) is 5.14. The Hall–Kier alpha value is -1.72. The number of nitrogens with zero attached hydrogens (tertiary/aromatic N) is 4. The molecule has 1 fully saturated rings. The smallest absolute Gasteiger partial charge is 0.134 e. The van der Waals surface area contributed by atoms with Crippen molar-refractivity contribution in [3.8, 4) is 0 Å². The van der Waals surface area contributed by atoms with Gasteiger partial charge < -0.3 is 9.30 Å². The third-order valence-corrected chi connectivity index (χ3v) is 5.16. The Morgan fingerprint density at radius 3 is 2.79 bits per heavy atom. The summed E-state index contributed by atoms with van der Waals surface area (Å²) in [5, 5.41) is 8.90. The molecule has 1 aromatic heterocycles. The van der Waals surface area contributed by atoms with Crippen molar-refractivity contribution in [2.75, 3.05) is 26.2 Å². The van der Waals surface area contributed by atoms with Crippen LogP contribution in [0, 0.1) is 0 Å². The van der Waals surface area contributed by atoms with Crippen LogP contribution in [0.4, 0.5) is 0 Å². The van der Waals surface area contributed by atoms with Crippen LogP contribution in [0.2, 0.25) is 0 Å². The standard InChI is InChI=1S/C19H26N4O/c1-2-5-16(6-3-1)8-9-18-20-21-19-10-11-22(12-13-23(18)19)15-17-7-4-14-24-17/h1-3,5-6,17H,4,7-15H2. The first-order valence-corrected chi connectivity index (χ1v) is 9.17. The molecule has 1 saturated heterocycles. The van der Waals surface area contributed by atoms with E-state index < -0.39 is 0 Å². The highest BCUT2D eigenvalue weighted by Crippen LogP contribution is 2.16. The topological polar surface area (TPSA) is 43.2 Å². The molecule has 0 N–H and O–H groups in total. The summed E-state index contributed by atoms with van der Waals surface area (Å²) in [5.74, 6) is 2.28. The summed E-state index contributed by atoms with van der Waals surface area (Å²) in [7, 11) is 0. The molecule has 1 aromatic carbocycles. The average Bonchev–Trinajstić information content (AvgIpc) is 3.21. The molecule has 0 amide bonds. The van der Waals surface area contributed by atoms with Gasteiger partial charge in [0.2, 0.25) is 0 Å². The normalized spacial score (nSPS) is 21.6. The molecule has 2 aromatic rings. The average molecular weight is 326 g/mol. The Kier molecular flexibility index (Phi) is 4.90. The molecule has 128 valence electrons. The van der Waals surface area contributed by atoms with E-state index in [2.05, 4.69) is 50.0 Å². The molecule has 0 aliphatic carbocycles. The highest BCUT2D eigenvalue weighted by atomic mass is 16.5. The van der Waals surface area contributed by atoms with Crippen LogP contribution in [0.1, 0.15) is 30.1 Å². The molecule has 24 heavy (non-hydrogen) atoms. The molecular formula is C19H26N4O. The third-order valence-electron chi connectivity index (χ3n) is 5.16. The highest BCUT2D eigenvalue weighted by molar-refractivity contribution is 5.15. The maximum Gasteiger partial charge on any atom is 0.134 e. The molecule has 0 saturated carbocycles. The molecule has 5 heteroatoms. The molecule has 0 bridgehead atoms. The molecule has 0 radical (unpaired) electrons. The Morgan fingerprint density at radius 1 is 1.04 bits per heavy atom. The van der Waals surface area contributed by atoms with Crippen LogP contribution in [0.25, 0.3) is 0 Å². The largest absolute Gasteiger partial charge is 0.377 e. The Labute approximate surface area is 143 Å². The third kappa shape index (κ3) is 3.68. The molecule has 1 unspecified atom stereocenters. The van der Waals surface area contributed by atoms with Gasteiger partial charge in [-0.2, -0.15) is 0 Å². The Morgan fingerprint density at radius 2 is 1.96 bits per heavy atom. The van der Waals surface area contributed by atoms with Crippen LogP contribution in [-0.4, -0.2) is 52.0 Å². The second-order valence-corrected chi connectivity index (χ2v) is 6.86. The highest BCUT2D eigenvalue weighted by Gasteiger charge is 2.23. The number of ether oxygens (including phenoxy) is 1. The summed E-state index contributed by atoms with van der Waals surface area (Å²) in [6, 6.07) is 10.6. The number of rotatable bonds is 5. The maximum atomic E-state index is 5.79. The molecular weight excluding hydrogens is 300 g/mol. The van der Waals surface area contributed by atoms with E-state index in [0.29, 0.717) is 6.10 Å². The van der Waals surface area contributed by atoms with Crippen LogP contribution < -0.4 is 0 Å². The Bertz CT molecular complexity index is 649. The molecule has 3 heterocycles. The van der Waals surface area contributed by atoms with Crippen LogP contribution in [0.3, 0.4) is 0 Å². The van der Waals surface area contributed by atoms with Gasteiger partial charge in [0.25, 0.3) is 0 Å². The van der Waals surface area contributed by atoms with E-state index in [1.807, 2.05) is 0 Å². The minimum absolute atomic E-state index is 0.436. The Balaban J connectivity index is 1.36. The molecule has 4 rings (SSSR count). The summed E-state index contributed by atoms with van der Waals surface area (Å²) >= 11 is 0. The van der Waals surface area contributed by atoms with Gasteiger partial charge in [0.1, 0.15) is 11.6 Å². The van der Waals surface area contributed by atoms with E-state index in [1.165, 1.54) is 18.4 Å². The van der Waals surface area contributed by atoms with E-state index >= 15 is 0 Å². The molecule has 0 spiro atoms. The van der Waals surface area contributed by atoms with Crippen LogP contribution in [0.15, 0.2) is 30.3 Å². The molecule has 5 nitrogen and oxygen atoms in total.